The molecule has 20 heavy (non-hydrogen) atoms. The summed E-state index contributed by atoms with van der Waals surface area (Å²) >= 11 is 0. The molecule has 0 unspecified atom stereocenters. The first kappa shape index (κ1) is 14.6. The standard InChI is InChI=1S/C16H22N2O2/c1-11-6-4-7-12(2)15(11)17-14(19)10-18(3)16(20)13-8-5-9-13/h4,6-7,13H,5,8-10H2,1-3H3,(H,17,19). The highest BCUT2D eigenvalue weighted by Gasteiger charge is 2.28. The van der Waals surface area contributed by atoms with Crippen molar-refractivity contribution >= 4 is 17.5 Å². The topological polar surface area (TPSA) is 49.4 Å². The van der Waals surface area contributed by atoms with Crippen LogP contribution in [0.3, 0.4) is 0 Å². The molecule has 4 nitrogen and oxygen atoms in total. The number of aryl methyl sites for hydroxylation is 2. The molecule has 0 atom stereocenters. The largest absolute Gasteiger partial charge is 0.336 e. The van der Waals surface area contributed by atoms with E-state index in [2.05, 4.69) is 5.32 Å². The fourth-order valence-corrected chi connectivity index (χ4v) is 2.45. The van der Waals surface area contributed by atoms with E-state index in [1.165, 1.54) is 4.90 Å². The first-order valence-electron chi connectivity index (χ1n) is 7.10. The van der Waals surface area contributed by atoms with Crippen LogP contribution in [0.1, 0.15) is 30.4 Å². The lowest BCUT2D eigenvalue weighted by Crippen LogP contribution is -2.40. The summed E-state index contributed by atoms with van der Waals surface area (Å²) in [6, 6.07) is 5.89. The normalized spacial score (nSPS) is 14.6. The number of nitrogens with zero attached hydrogens (tertiary/aromatic N) is 1. The summed E-state index contributed by atoms with van der Waals surface area (Å²) < 4.78 is 0. The van der Waals surface area contributed by atoms with Crippen LogP contribution in [0.2, 0.25) is 0 Å². The van der Waals surface area contributed by atoms with Crippen molar-refractivity contribution in [2.75, 3.05) is 18.9 Å². The highest BCUT2D eigenvalue weighted by atomic mass is 16.2. The highest BCUT2D eigenvalue weighted by molar-refractivity contribution is 5.96. The van der Waals surface area contributed by atoms with E-state index in [1.54, 1.807) is 7.05 Å². The Labute approximate surface area is 120 Å². The Bertz CT molecular complexity index is 501. The van der Waals surface area contributed by atoms with Gasteiger partial charge < -0.3 is 10.2 Å². The van der Waals surface area contributed by atoms with Gasteiger partial charge in [0.15, 0.2) is 0 Å². The van der Waals surface area contributed by atoms with Gasteiger partial charge in [-0.2, -0.15) is 0 Å². The number of hydrogen-bond donors (Lipinski definition) is 1. The summed E-state index contributed by atoms with van der Waals surface area (Å²) in [5.41, 5.74) is 2.92. The molecule has 1 aliphatic carbocycles. The van der Waals surface area contributed by atoms with Gasteiger partial charge in [-0.25, -0.2) is 0 Å². The molecule has 0 radical (unpaired) electrons. The number of anilines is 1. The zero-order chi connectivity index (χ0) is 14.7. The molecule has 1 fully saturated rings. The second-order valence-corrected chi connectivity index (χ2v) is 5.64. The molecule has 0 aromatic heterocycles. The zero-order valence-electron chi connectivity index (χ0n) is 12.4. The average Bonchev–Trinajstić information content (AvgIpc) is 2.31. The van der Waals surface area contributed by atoms with Crippen molar-refractivity contribution in [3.05, 3.63) is 29.3 Å². The molecular weight excluding hydrogens is 252 g/mol. The van der Waals surface area contributed by atoms with E-state index in [0.29, 0.717) is 0 Å². The first-order chi connectivity index (χ1) is 9.49. The van der Waals surface area contributed by atoms with E-state index in [-0.39, 0.29) is 24.3 Å². The van der Waals surface area contributed by atoms with Crippen LogP contribution in [-0.2, 0) is 9.59 Å². The summed E-state index contributed by atoms with van der Waals surface area (Å²) in [6.45, 7) is 4.04. The van der Waals surface area contributed by atoms with E-state index < -0.39 is 0 Å². The highest BCUT2D eigenvalue weighted by Crippen LogP contribution is 2.27. The van der Waals surface area contributed by atoms with Gasteiger partial charge in [0.25, 0.3) is 0 Å². The predicted octanol–water partition coefficient (Wildman–Crippen LogP) is 2.50. The molecular formula is C16H22N2O2. The third-order valence-corrected chi connectivity index (χ3v) is 3.96. The van der Waals surface area contributed by atoms with Crippen molar-refractivity contribution in [2.45, 2.75) is 33.1 Å². The number of likely N-dealkylation sites (N-methyl/N-ethyl adjacent to an activating group) is 1. The second kappa shape index (κ2) is 6.07. The fraction of sp³-hybridized carbons (Fsp3) is 0.500. The molecule has 0 saturated heterocycles. The SMILES string of the molecule is Cc1cccc(C)c1NC(=O)CN(C)C(=O)C1CCC1. The number of rotatable bonds is 4. The molecule has 108 valence electrons. The average molecular weight is 274 g/mol. The van der Waals surface area contributed by atoms with Gasteiger partial charge in [-0.1, -0.05) is 24.6 Å². The Morgan fingerprint density at radius 3 is 2.35 bits per heavy atom. The molecule has 2 amide bonds. The number of amides is 2. The number of carbonyl (C=O) groups is 2. The van der Waals surface area contributed by atoms with Crippen LogP contribution >= 0.6 is 0 Å². The van der Waals surface area contributed by atoms with Crippen LogP contribution in [0.4, 0.5) is 5.69 Å². The van der Waals surface area contributed by atoms with Crippen molar-refractivity contribution in [3.8, 4) is 0 Å². The van der Waals surface area contributed by atoms with Gasteiger partial charge in [0.1, 0.15) is 0 Å². The zero-order valence-corrected chi connectivity index (χ0v) is 12.4. The van der Waals surface area contributed by atoms with Crippen LogP contribution in [0.5, 0.6) is 0 Å². The van der Waals surface area contributed by atoms with Gasteiger partial charge in [-0.05, 0) is 37.8 Å². The molecule has 1 aromatic carbocycles. The lowest BCUT2D eigenvalue weighted by atomic mass is 9.84. The quantitative estimate of drug-likeness (QED) is 0.917. The van der Waals surface area contributed by atoms with Gasteiger partial charge in [0.05, 0.1) is 6.54 Å². The summed E-state index contributed by atoms with van der Waals surface area (Å²) in [4.78, 5) is 25.6. The molecule has 4 heteroatoms. The Hall–Kier alpha value is -1.84. The molecule has 0 aliphatic heterocycles. The smallest absolute Gasteiger partial charge is 0.243 e. The Morgan fingerprint density at radius 1 is 1.25 bits per heavy atom. The van der Waals surface area contributed by atoms with Gasteiger partial charge in [-0.3, -0.25) is 9.59 Å². The second-order valence-electron chi connectivity index (χ2n) is 5.64. The van der Waals surface area contributed by atoms with Crippen LogP contribution < -0.4 is 5.32 Å². The third kappa shape index (κ3) is 3.18. The minimum atomic E-state index is -0.141. The molecule has 1 aromatic rings. The summed E-state index contributed by atoms with van der Waals surface area (Å²) in [5, 5.41) is 2.91. The van der Waals surface area contributed by atoms with Gasteiger partial charge >= 0.3 is 0 Å². The monoisotopic (exact) mass is 274 g/mol. The Morgan fingerprint density at radius 2 is 1.85 bits per heavy atom. The van der Waals surface area contributed by atoms with E-state index >= 15 is 0 Å². The molecule has 1 aliphatic rings. The van der Waals surface area contributed by atoms with E-state index in [4.69, 9.17) is 0 Å². The maximum atomic E-state index is 12.1. The minimum absolute atomic E-state index is 0.0907. The van der Waals surface area contributed by atoms with Gasteiger partial charge in [-0.15, -0.1) is 0 Å². The Kier molecular flexibility index (Phi) is 4.42. The van der Waals surface area contributed by atoms with Crippen molar-refractivity contribution in [1.82, 2.24) is 4.90 Å². The maximum Gasteiger partial charge on any atom is 0.243 e. The van der Waals surface area contributed by atoms with Crippen molar-refractivity contribution in [1.29, 1.82) is 0 Å². The molecule has 0 heterocycles. The van der Waals surface area contributed by atoms with Crippen molar-refractivity contribution in [2.24, 2.45) is 5.92 Å². The van der Waals surface area contributed by atoms with E-state index in [9.17, 15) is 9.59 Å². The predicted molar refractivity (Wildman–Crippen MR) is 79.5 cm³/mol. The number of para-hydroxylation sites is 1. The van der Waals surface area contributed by atoms with Crippen LogP contribution in [0.25, 0.3) is 0 Å². The van der Waals surface area contributed by atoms with Crippen LogP contribution in [0.15, 0.2) is 18.2 Å². The van der Waals surface area contributed by atoms with Gasteiger partial charge in [0, 0.05) is 18.7 Å². The van der Waals surface area contributed by atoms with Crippen LogP contribution in [-0.4, -0.2) is 30.3 Å². The van der Waals surface area contributed by atoms with Crippen molar-refractivity contribution in [3.63, 3.8) is 0 Å². The summed E-state index contributed by atoms with van der Waals surface area (Å²) in [7, 11) is 1.70. The molecule has 2 rings (SSSR count). The lowest BCUT2D eigenvalue weighted by Gasteiger charge is -2.28. The third-order valence-electron chi connectivity index (χ3n) is 3.96. The molecule has 1 N–H and O–H groups in total. The van der Waals surface area contributed by atoms with E-state index in [1.807, 2.05) is 32.0 Å². The fourth-order valence-electron chi connectivity index (χ4n) is 2.45. The minimum Gasteiger partial charge on any atom is -0.336 e. The summed E-state index contributed by atoms with van der Waals surface area (Å²) in [6.07, 6.45) is 3.04. The van der Waals surface area contributed by atoms with E-state index in [0.717, 1.165) is 36.1 Å². The summed E-state index contributed by atoms with van der Waals surface area (Å²) in [5.74, 6) is 0.0819. The number of benzene rings is 1. The first-order valence-corrected chi connectivity index (χ1v) is 7.10. The lowest BCUT2D eigenvalue weighted by molar-refractivity contribution is -0.139. The van der Waals surface area contributed by atoms with Crippen molar-refractivity contribution < 1.29 is 9.59 Å². The molecule has 0 spiro atoms. The molecule has 0 bridgehead atoms. The number of carbonyl (C=O) groups excluding carboxylic acids is 2. The number of hydrogen-bond acceptors (Lipinski definition) is 2. The van der Waals surface area contributed by atoms with Crippen LogP contribution in [0, 0.1) is 19.8 Å². The maximum absolute atomic E-state index is 12.1. The molecule has 1 saturated carbocycles. The van der Waals surface area contributed by atoms with Gasteiger partial charge in [0.2, 0.25) is 11.8 Å². The Balaban J connectivity index is 1.93. The number of nitrogens with one attached hydrogen (secondary N) is 1.